The van der Waals surface area contributed by atoms with Crippen molar-refractivity contribution in [3.63, 3.8) is 0 Å². The van der Waals surface area contributed by atoms with Crippen molar-refractivity contribution in [2.75, 3.05) is 4.90 Å². The Labute approximate surface area is 197 Å². The minimum atomic E-state index is -1.64. The molecule has 1 atom stereocenters. The highest BCUT2D eigenvalue weighted by Crippen LogP contribution is 2.43. The maximum absolute atomic E-state index is 13.5. The molecule has 5 aromatic rings. The van der Waals surface area contributed by atoms with Crippen molar-refractivity contribution in [1.29, 1.82) is 0 Å². The van der Waals surface area contributed by atoms with E-state index in [1.54, 1.807) is 0 Å². The quantitative estimate of drug-likeness (QED) is 0.264. The van der Waals surface area contributed by atoms with Gasteiger partial charge in [-0.1, -0.05) is 84.4 Å². The van der Waals surface area contributed by atoms with Gasteiger partial charge in [0.25, 0.3) is 0 Å². The van der Waals surface area contributed by atoms with Crippen LogP contribution in [-0.2, 0) is 10.8 Å². The summed E-state index contributed by atoms with van der Waals surface area (Å²) in [7, 11) is -1.64. The summed E-state index contributed by atoms with van der Waals surface area (Å²) in [5.74, 6) is 0.462. The lowest BCUT2D eigenvalue weighted by Crippen LogP contribution is -2.09. The summed E-state index contributed by atoms with van der Waals surface area (Å²) in [5.41, 5.74) is 4.27. The second kappa shape index (κ2) is 9.31. The van der Waals surface area contributed by atoms with Crippen LogP contribution < -0.4 is 4.90 Å². The molecule has 0 fully saturated rings. The zero-order chi connectivity index (χ0) is 23.5. The summed E-state index contributed by atoms with van der Waals surface area (Å²) in [6.45, 7) is 1.98. The average Bonchev–Trinajstić information content (AvgIpc) is 3.22. The number of rotatable bonds is 6. The molecule has 0 aliphatic heterocycles. The Balaban J connectivity index is 1.75. The number of benzene rings is 4. The fourth-order valence-electron chi connectivity index (χ4n) is 3.67. The Hall–Kier alpha value is -3.89. The molecule has 0 amide bonds. The van der Waals surface area contributed by atoms with E-state index in [0.717, 1.165) is 22.5 Å². The normalized spacial score (nSPS) is 12.2. The van der Waals surface area contributed by atoms with Gasteiger partial charge in [0.1, 0.15) is 10.8 Å². The van der Waals surface area contributed by atoms with Crippen LogP contribution in [0.3, 0.4) is 0 Å². The molecule has 33 heavy (non-hydrogen) atoms. The second-order valence-electron chi connectivity index (χ2n) is 7.65. The van der Waals surface area contributed by atoms with Crippen LogP contribution in [0.15, 0.2) is 136 Å². The highest BCUT2D eigenvalue weighted by atomic mass is 32.2. The number of nitrogens with zero attached hydrogens (tertiary/aromatic N) is 1. The standard InChI is InChI=1S/C29H23NO2S/c1-22-17-19-26(20-18-22)33(31)28-21-27(23-11-5-2-6-12-23)29(32-28)30(24-13-7-3-8-14-24)25-15-9-4-10-16-25/h2-21H,1H3/i21D. The SMILES string of the molecule is [2H]c1c(S(=O)c2ccc(C)cc2)oc(N(c2ccccc2)c2ccccc2)c1-c1ccccc1. The van der Waals surface area contributed by atoms with E-state index in [1.807, 2.05) is 127 Å². The smallest absolute Gasteiger partial charge is 0.214 e. The maximum Gasteiger partial charge on any atom is 0.214 e. The van der Waals surface area contributed by atoms with Crippen molar-refractivity contribution in [3.05, 3.63) is 127 Å². The molecule has 0 N–H and O–H groups in total. The number of anilines is 3. The molecule has 3 nitrogen and oxygen atoms in total. The minimum absolute atomic E-state index is 0.122. The molecule has 0 aliphatic rings. The Morgan fingerprint density at radius 1 is 0.727 bits per heavy atom. The van der Waals surface area contributed by atoms with Crippen LogP contribution in [0.5, 0.6) is 0 Å². The minimum Gasteiger partial charge on any atom is -0.430 e. The number of hydrogen-bond acceptors (Lipinski definition) is 3. The fourth-order valence-corrected chi connectivity index (χ4v) is 4.62. The van der Waals surface area contributed by atoms with E-state index in [2.05, 4.69) is 0 Å². The molecule has 1 aromatic heterocycles. The van der Waals surface area contributed by atoms with Gasteiger partial charge in [0.2, 0.25) is 5.88 Å². The van der Waals surface area contributed by atoms with Crippen LogP contribution in [0.4, 0.5) is 17.3 Å². The van der Waals surface area contributed by atoms with Gasteiger partial charge in [0.05, 0.1) is 1.37 Å². The topological polar surface area (TPSA) is 33.5 Å². The number of para-hydroxylation sites is 2. The molecular formula is C29H23NO2S. The predicted molar refractivity (Wildman–Crippen MR) is 135 cm³/mol. The van der Waals surface area contributed by atoms with Gasteiger partial charge in [0, 0.05) is 27.9 Å². The first-order valence-electron chi connectivity index (χ1n) is 11.2. The van der Waals surface area contributed by atoms with E-state index in [0.29, 0.717) is 16.3 Å². The van der Waals surface area contributed by atoms with Gasteiger partial charge in [-0.15, -0.1) is 0 Å². The lowest BCUT2D eigenvalue weighted by Gasteiger charge is -2.23. The Kier molecular flexibility index (Phi) is 5.58. The van der Waals surface area contributed by atoms with E-state index in [-0.39, 0.29) is 11.1 Å². The van der Waals surface area contributed by atoms with Crippen molar-refractivity contribution in [1.82, 2.24) is 0 Å². The highest BCUT2D eigenvalue weighted by molar-refractivity contribution is 7.85. The van der Waals surface area contributed by atoms with E-state index >= 15 is 0 Å². The molecule has 0 radical (unpaired) electrons. The lowest BCUT2D eigenvalue weighted by molar-refractivity contribution is 0.473. The Morgan fingerprint density at radius 3 is 1.79 bits per heavy atom. The van der Waals surface area contributed by atoms with Crippen LogP contribution >= 0.6 is 0 Å². The van der Waals surface area contributed by atoms with E-state index in [9.17, 15) is 4.21 Å². The summed E-state index contributed by atoms with van der Waals surface area (Å²) in [4.78, 5) is 2.57. The molecule has 0 spiro atoms. The third-order valence-corrected chi connectivity index (χ3v) is 6.55. The van der Waals surface area contributed by atoms with Crippen molar-refractivity contribution >= 4 is 28.1 Å². The lowest BCUT2D eigenvalue weighted by atomic mass is 10.1. The van der Waals surface area contributed by atoms with Crippen LogP contribution in [0.2, 0.25) is 0 Å². The summed E-state index contributed by atoms with van der Waals surface area (Å²) >= 11 is 0. The Morgan fingerprint density at radius 2 is 1.24 bits per heavy atom. The first kappa shape index (κ1) is 19.8. The van der Waals surface area contributed by atoms with Crippen molar-refractivity contribution in [2.45, 2.75) is 16.9 Å². The van der Waals surface area contributed by atoms with Crippen LogP contribution in [0, 0.1) is 6.92 Å². The number of furan rings is 1. The molecule has 1 unspecified atom stereocenters. The summed E-state index contributed by atoms with van der Waals surface area (Å²) < 4.78 is 28.9. The third kappa shape index (κ3) is 4.38. The van der Waals surface area contributed by atoms with Crippen molar-refractivity contribution < 1.29 is 10.00 Å². The van der Waals surface area contributed by atoms with Gasteiger partial charge in [-0.05, 0) is 48.9 Å². The van der Waals surface area contributed by atoms with Gasteiger partial charge in [-0.25, -0.2) is 4.21 Å². The molecule has 162 valence electrons. The molecule has 0 bridgehead atoms. The van der Waals surface area contributed by atoms with Gasteiger partial charge in [-0.3, -0.25) is 4.90 Å². The van der Waals surface area contributed by atoms with Crippen molar-refractivity contribution in [2.24, 2.45) is 0 Å². The summed E-state index contributed by atoms with van der Waals surface area (Å²) in [6, 6.07) is 37.0. The first-order valence-corrected chi connectivity index (χ1v) is 11.9. The monoisotopic (exact) mass is 450 g/mol. The summed E-state index contributed by atoms with van der Waals surface area (Å²) in [6.07, 6.45) is 0. The predicted octanol–water partition coefficient (Wildman–Crippen LogP) is 7.89. The van der Waals surface area contributed by atoms with Gasteiger partial charge < -0.3 is 4.42 Å². The van der Waals surface area contributed by atoms with Crippen molar-refractivity contribution in [3.8, 4) is 11.1 Å². The van der Waals surface area contributed by atoms with Crippen LogP contribution in [-0.4, -0.2) is 4.21 Å². The zero-order valence-corrected chi connectivity index (χ0v) is 19.0. The first-order chi connectivity index (χ1) is 16.6. The molecule has 0 saturated heterocycles. The van der Waals surface area contributed by atoms with E-state index in [4.69, 9.17) is 5.79 Å². The molecule has 4 heteroatoms. The van der Waals surface area contributed by atoms with Gasteiger partial charge >= 0.3 is 0 Å². The highest BCUT2D eigenvalue weighted by Gasteiger charge is 2.24. The molecular weight excluding hydrogens is 426 g/mol. The number of aryl methyl sites for hydroxylation is 1. The average molecular weight is 451 g/mol. The number of hydrogen-bond donors (Lipinski definition) is 0. The van der Waals surface area contributed by atoms with Crippen LogP contribution in [0.25, 0.3) is 11.1 Å². The molecule has 1 heterocycles. The van der Waals surface area contributed by atoms with Gasteiger partial charge in [-0.2, -0.15) is 0 Å². The molecule has 5 rings (SSSR count). The van der Waals surface area contributed by atoms with E-state index in [1.165, 1.54) is 0 Å². The molecule has 4 aromatic carbocycles. The maximum atomic E-state index is 13.5. The second-order valence-corrected chi connectivity index (χ2v) is 9.03. The van der Waals surface area contributed by atoms with Gasteiger partial charge in [0.15, 0.2) is 5.09 Å². The molecule has 0 saturated carbocycles. The zero-order valence-electron chi connectivity index (χ0n) is 19.1. The Bertz CT molecular complexity index is 1380. The fraction of sp³-hybridized carbons (Fsp3) is 0.0345. The van der Waals surface area contributed by atoms with E-state index < -0.39 is 10.8 Å². The summed E-state index contributed by atoms with van der Waals surface area (Å²) in [5, 5.41) is 0.134. The largest absolute Gasteiger partial charge is 0.430 e. The van der Waals surface area contributed by atoms with Crippen LogP contribution in [0.1, 0.15) is 6.93 Å². The third-order valence-electron chi connectivity index (χ3n) is 5.33. The molecule has 0 aliphatic carbocycles.